The van der Waals surface area contributed by atoms with Crippen LogP contribution in [0.3, 0.4) is 0 Å². The van der Waals surface area contributed by atoms with Crippen molar-refractivity contribution in [2.24, 2.45) is 0 Å². The number of ether oxygens (including phenoxy) is 1. The molecule has 0 amide bonds. The number of hydrogen-bond acceptors (Lipinski definition) is 3. The van der Waals surface area contributed by atoms with E-state index in [4.69, 9.17) is 4.74 Å². The third kappa shape index (κ3) is 2.71. The molecule has 0 saturated heterocycles. The van der Waals surface area contributed by atoms with E-state index in [1.807, 2.05) is 72.2 Å². The molecule has 1 aromatic heterocycles. The minimum atomic E-state index is -1.13. The van der Waals surface area contributed by atoms with E-state index in [1.165, 1.54) is 0 Å². The molecule has 1 heterocycles. The minimum Gasteiger partial charge on any atom is -0.497 e. The van der Waals surface area contributed by atoms with Crippen LogP contribution >= 0.6 is 0 Å². The summed E-state index contributed by atoms with van der Waals surface area (Å²) in [5.74, 6) is -0.0925. The molecule has 2 unspecified atom stereocenters. The van der Waals surface area contributed by atoms with Crippen LogP contribution in [0.15, 0.2) is 67.0 Å². The van der Waals surface area contributed by atoms with Crippen LogP contribution in [0, 0.1) is 0 Å². The number of carbonyl (C=O) groups is 1. The van der Waals surface area contributed by atoms with Gasteiger partial charge in [0.1, 0.15) is 11.2 Å². The highest BCUT2D eigenvalue weighted by molar-refractivity contribution is 5.88. The van der Waals surface area contributed by atoms with Crippen molar-refractivity contribution >= 4 is 27.8 Å². The first-order valence-electron chi connectivity index (χ1n) is 9.18. The Labute approximate surface area is 163 Å². The number of aromatic nitrogens is 2. The number of aliphatic carboxylic acids is 1. The lowest BCUT2D eigenvalue weighted by molar-refractivity contribution is -0.144. The normalized spacial score (nSPS) is 14.7. The number of para-hydroxylation sites is 2. The number of rotatable bonds is 5. The maximum Gasteiger partial charge on any atom is 0.315 e. The Morgan fingerprint density at radius 2 is 1.82 bits per heavy atom. The predicted molar refractivity (Wildman–Crippen MR) is 110 cm³/mol. The molecule has 0 fully saturated rings. The highest BCUT2D eigenvalue weighted by Gasteiger charge is 2.42. The van der Waals surface area contributed by atoms with Gasteiger partial charge in [-0.3, -0.25) is 4.79 Å². The molecule has 0 spiro atoms. The smallest absolute Gasteiger partial charge is 0.315 e. The molecule has 0 radical (unpaired) electrons. The van der Waals surface area contributed by atoms with Crippen molar-refractivity contribution in [2.75, 3.05) is 7.11 Å². The Hall–Kier alpha value is -3.34. The zero-order valence-electron chi connectivity index (χ0n) is 16.1. The largest absolute Gasteiger partial charge is 0.497 e. The number of nitrogens with zero attached hydrogens (tertiary/aromatic N) is 2. The standard InChI is InChI=1S/C23H22N2O3/c1-15(25-14-24-20-6-4-5-7-21(20)25)23(2,22(26)27)18-10-8-17-13-19(28-3)11-9-16(17)12-18/h4-15H,1-3H3,(H,26,27). The Balaban J connectivity index is 1.85. The Morgan fingerprint density at radius 3 is 2.57 bits per heavy atom. The van der Waals surface area contributed by atoms with E-state index >= 15 is 0 Å². The molecule has 0 aliphatic heterocycles. The van der Waals surface area contributed by atoms with Gasteiger partial charge in [0.2, 0.25) is 0 Å². The molecule has 0 bridgehead atoms. The number of fused-ring (bicyclic) bond motifs is 2. The lowest BCUT2D eigenvalue weighted by Crippen LogP contribution is -2.40. The molecule has 2 atom stereocenters. The molecule has 1 N–H and O–H groups in total. The van der Waals surface area contributed by atoms with Crippen LogP contribution in [-0.2, 0) is 10.2 Å². The fraction of sp³-hybridized carbons (Fsp3) is 0.217. The zero-order valence-corrected chi connectivity index (χ0v) is 16.1. The van der Waals surface area contributed by atoms with Gasteiger partial charge >= 0.3 is 5.97 Å². The maximum absolute atomic E-state index is 12.5. The quantitative estimate of drug-likeness (QED) is 0.545. The molecule has 0 aliphatic carbocycles. The fourth-order valence-corrected chi connectivity index (χ4v) is 3.78. The molecule has 28 heavy (non-hydrogen) atoms. The molecule has 3 aromatic carbocycles. The van der Waals surface area contributed by atoms with Gasteiger partial charge in [0.15, 0.2) is 0 Å². The number of benzene rings is 3. The van der Waals surface area contributed by atoms with E-state index < -0.39 is 11.4 Å². The summed E-state index contributed by atoms with van der Waals surface area (Å²) < 4.78 is 7.23. The van der Waals surface area contributed by atoms with E-state index in [0.29, 0.717) is 0 Å². The van der Waals surface area contributed by atoms with E-state index in [1.54, 1.807) is 20.4 Å². The van der Waals surface area contributed by atoms with Gasteiger partial charge in [-0.1, -0.05) is 30.3 Å². The summed E-state index contributed by atoms with van der Waals surface area (Å²) in [6, 6.07) is 19.0. The molecule has 4 aromatic rings. The van der Waals surface area contributed by atoms with Crippen molar-refractivity contribution in [1.82, 2.24) is 9.55 Å². The molecule has 5 nitrogen and oxygen atoms in total. The van der Waals surface area contributed by atoms with Crippen molar-refractivity contribution in [2.45, 2.75) is 25.3 Å². The third-order valence-corrected chi connectivity index (χ3v) is 5.83. The summed E-state index contributed by atoms with van der Waals surface area (Å²) >= 11 is 0. The first kappa shape index (κ1) is 18.0. The summed E-state index contributed by atoms with van der Waals surface area (Å²) in [4.78, 5) is 16.9. The lowest BCUT2D eigenvalue weighted by Gasteiger charge is -2.33. The number of carboxylic acid groups (broad SMARTS) is 1. The highest BCUT2D eigenvalue weighted by Crippen LogP contribution is 2.39. The van der Waals surface area contributed by atoms with Crippen LogP contribution in [0.4, 0.5) is 0 Å². The Bertz CT molecular complexity index is 1180. The van der Waals surface area contributed by atoms with Crippen molar-refractivity contribution in [3.05, 3.63) is 72.6 Å². The predicted octanol–water partition coefficient (Wildman–Crippen LogP) is 4.80. The van der Waals surface area contributed by atoms with Crippen LogP contribution in [0.25, 0.3) is 21.8 Å². The Morgan fingerprint density at radius 1 is 1.11 bits per heavy atom. The molecule has 142 valence electrons. The third-order valence-electron chi connectivity index (χ3n) is 5.83. The minimum absolute atomic E-state index is 0.340. The van der Waals surface area contributed by atoms with Crippen molar-refractivity contribution in [3.8, 4) is 5.75 Å². The van der Waals surface area contributed by atoms with Gasteiger partial charge in [0.05, 0.1) is 30.5 Å². The summed E-state index contributed by atoms with van der Waals surface area (Å²) in [5.41, 5.74) is 1.40. The average molecular weight is 374 g/mol. The summed E-state index contributed by atoms with van der Waals surface area (Å²) in [6.45, 7) is 3.71. The molecular weight excluding hydrogens is 352 g/mol. The van der Waals surface area contributed by atoms with Gasteiger partial charge < -0.3 is 14.4 Å². The monoisotopic (exact) mass is 374 g/mol. The summed E-state index contributed by atoms with van der Waals surface area (Å²) in [7, 11) is 1.63. The highest BCUT2D eigenvalue weighted by atomic mass is 16.5. The lowest BCUT2D eigenvalue weighted by atomic mass is 9.75. The van der Waals surface area contributed by atoms with Gasteiger partial charge in [-0.25, -0.2) is 4.98 Å². The summed E-state index contributed by atoms with van der Waals surface area (Å²) in [6.07, 6.45) is 1.72. The molecule has 4 rings (SSSR count). The van der Waals surface area contributed by atoms with Gasteiger partial charge in [-0.05, 0) is 60.5 Å². The van der Waals surface area contributed by atoms with Crippen LogP contribution in [-0.4, -0.2) is 27.7 Å². The van der Waals surface area contributed by atoms with Crippen LogP contribution in [0.2, 0.25) is 0 Å². The van der Waals surface area contributed by atoms with Crippen LogP contribution in [0.1, 0.15) is 25.5 Å². The number of methoxy groups -OCH3 is 1. The van der Waals surface area contributed by atoms with Crippen molar-refractivity contribution in [3.63, 3.8) is 0 Å². The van der Waals surface area contributed by atoms with E-state index in [2.05, 4.69) is 4.98 Å². The number of hydrogen-bond donors (Lipinski definition) is 1. The molecule has 5 heteroatoms. The first-order valence-corrected chi connectivity index (χ1v) is 9.18. The molecular formula is C23H22N2O3. The second kappa shape index (κ2) is 6.68. The summed E-state index contributed by atoms with van der Waals surface area (Å²) in [5, 5.41) is 12.2. The van der Waals surface area contributed by atoms with Crippen molar-refractivity contribution < 1.29 is 14.6 Å². The first-order chi connectivity index (χ1) is 13.4. The number of imidazole rings is 1. The fourth-order valence-electron chi connectivity index (χ4n) is 3.78. The number of carboxylic acids is 1. The molecule has 0 saturated carbocycles. The van der Waals surface area contributed by atoms with Gasteiger partial charge in [0.25, 0.3) is 0 Å². The van der Waals surface area contributed by atoms with Gasteiger partial charge in [-0.2, -0.15) is 0 Å². The van der Waals surface area contributed by atoms with Gasteiger partial charge in [0, 0.05) is 0 Å². The average Bonchev–Trinajstić information content (AvgIpc) is 3.15. The molecule has 0 aliphatic rings. The van der Waals surface area contributed by atoms with Crippen molar-refractivity contribution in [1.29, 1.82) is 0 Å². The SMILES string of the molecule is COc1ccc2cc(C(C)(C(=O)O)C(C)n3cnc4ccccc43)ccc2c1. The van der Waals surface area contributed by atoms with Crippen LogP contribution < -0.4 is 4.74 Å². The van der Waals surface area contributed by atoms with Crippen LogP contribution in [0.5, 0.6) is 5.75 Å². The topological polar surface area (TPSA) is 64.3 Å². The Kier molecular flexibility index (Phi) is 4.30. The maximum atomic E-state index is 12.5. The second-order valence-electron chi connectivity index (χ2n) is 7.25. The van der Waals surface area contributed by atoms with E-state index in [0.717, 1.165) is 33.1 Å². The van der Waals surface area contributed by atoms with Gasteiger partial charge in [-0.15, -0.1) is 0 Å². The zero-order chi connectivity index (χ0) is 19.9. The van der Waals surface area contributed by atoms with E-state index in [9.17, 15) is 9.90 Å². The van der Waals surface area contributed by atoms with E-state index in [-0.39, 0.29) is 6.04 Å². The second-order valence-corrected chi connectivity index (χ2v) is 7.25.